The molecule has 2 aliphatic carbocycles. The van der Waals surface area contributed by atoms with Gasteiger partial charge in [-0.2, -0.15) is 0 Å². The molecule has 4 N–H and O–H groups in total. The lowest BCUT2D eigenvalue weighted by Crippen LogP contribution is -2.53. The van der Waals surface area contributed by atoms with Crippen LogP contribution in [0.1, 0.15) is 26.7 Å². The molecule has 0 unspecified atom stereocenters. The van der Waals surface area contributed by atoms with Crippen molar-refractivity contribution < 1.29 is 0 Å². The highest BCUT2D eigenvalue weighted by molar-refractivity contribution is 7.80. The lowest BCUT2D eigenvalue weighted by molar-refractivity contribution is 0.518. The minimum Gasteiger partial charge on any atom is -0.359 e. The molecule has 2 aliphatic rings. The number of nitrogens with one attached hydrogen (secondary N) is 4. The van der Waals surface area contributed by atoms with Gasteiger partial charge in [-0.15, -0.1) is 0 Å². The van der Waals surface area contributed by atoms with Crippen LogP contribution in [-0.2, 0) is 0 Å². The maximum absolute atomic E-state index is 5.24. The van der Waals surface area contributed by atoms with Gasteiger partial charge in [-0.3, -0.25) is 10.9 Å². The van der Waals surface area contributed by atoms with Crippen molar-refractivity contribution in [1.29, 1.82) is 0 Å². The predicted octanol–water partition coefficient (Wildman–Crippen LogP) is 1.20. The highest BCUT2D eigenvalue weighted by atomic mass is 32.1. The van der Waals surface area contributed by atoms with Crippen molar-refractivity contribution in [2.24, 2.45) is 11.8 Å². The Morgan fingerprint density at radius 3 is 2.39 bits per heavy atom. The first kappa shape index (κ1) is 13.5. The molecule has 0 radical (unpaired) electrons. The zero-order valence-electron chi connectivity index (χ0n) is 10.7. The van der Waals surface area contributed by atoms with E-state index in [1.54, 1.807) is 0 Å². The van der Waals surface area contributed by atoms with E-state index in [0.29, 0.717) is 28.2 Å². The van der Waals surface area contributed by atoms with E-state index >= 15 is 0 Å². The number of hydrazine groups is 1. The van der Waals surface area contributed by atoms with Crippen LogP contribution < -0.4 is 21.5 Å². The second kappa shape index (κ2) is 5.84. The van der Waals surface area contributed by atoms with Crippen molar-refractivity contribution in [1.82, 2.24) is 21.5 Å². The maximum Gasteiger partial charge on any atom is 0.185 e. The number of hydrogen-bond acceptors (Lipinski definition) is 2. The van der Waals surface area contributed by atoms with Gasteiger partial charge < -0.3 is 10.6 Å². The van der Waals surface area contributed by atoms with Gasteiger partial charge in [0, 0.05) is 12.1 Å². The Hall–Kier alpha value is -0.880. The first-order chi connectivity index (χ1) is 8.54. The first-order valence-electron chi connectivity index (χ1n) is 6.36. The molecule has 0 saturated heterocycles. The fourth-order valence-corrected chi connectivity index (χ4v) is 3.05. The quantitative estimate of drug-likeness (QED) is 0.347. The zero-order valence-corrected chi connectivity index (χ0v) is 12.3. The minimum atomic E-state index is 0.309. The molecule has 0 aromatic carbocycles. The summed E-state index contributed by atoms with van der Waals surface area (Å²) in [5, 5.41) is 7.58. The molecule has 0 aromatic rings. The molecule has 100 valence electrons. The molecule has 2 rings (SSSR count). The molecule has 3 atom stereocenters. The average Bonchev–Trinajstić information content (AvgIpc) is 2.87. The van der Waals surface area contributed by atoms with Crippen molar-refractivity contribution in [2.45, 2.75) is 38.8 Å². The van der Waals surface area contributed by atoms with E-state index in [4.69, 9.17) is 24.4 Å². The van der Waals surface area contributed by atoms with Gasteiger partial charge in [0.2, 0.25) is 0 Å². The molecule has 0 aromatic heterocycles. The van der Waals surface area contributed by atoms with Gasteiger partial charge in [0.25, 0.3) is 0 Å². The van der Waals surface area contributed by atoms with Gasteiger partial charge in [-0.05, 0) is 63.0 Å². The van der Waals surface area contributed by atoms with Crippen molar-refractivity contribution in [2.75, 3.05) is 0 Å². The summed E-state index contributed by atoms with van der Waals surface area (Å²) >= 11 is 10.3. The third-order valence-corrected chi connectivity index (χ3v) is 3.74. The van der Waals surface area contributed by atoms with Crippen LogP contribution in [0.15, 0.2) is 12.2 Å². The number of hydrogen-bond donors (Lipinski definition) is 4. The molecular formula is C12H20N4S2. The largest absolute Gasteiger partial charge is 0.359 e. The second-order valence-corrected chi connectivity index (χ2v) is 6.05. The third kappa shape index (κ3) is 3.55. The Bertz CT molecular complexity index is 367. The Kier molecular flexibility index (Phi) is 4.40. The fourth-order valence-electron chi connectivity index (χ4n) is 2.56. The van der Waals surface area contributed by atoms with Crippen LogP contribution in [0.3, 0.4) is 0 Å². The van der Waals surface area contributed by atoms with Crippen LogP contribution in [0, 0.1) is 11.8 Å². The maximum atomic E-state index is 5.24. The number of thiocarbonyl (C=S) groups is 2. The van der Waals surface area contributed by atoms with Crippen LogP contribution in [-0.4, -0.2) is 22.3 Å². The van der Waals surface area contributed by atoms with Crippen LogP contribution in [0.25, 0.3) is 0 Å². The summed E-state index contributed by atoms with van der Waals surface area (Å²) < 4.78 is 0. The average molecular weight is 284 g/mol. The van der Waals surface area contributed by atoms with Crippen LogP contribution in [0.4, 0.5) is 0 Å². The molecule has 2 bridgehead atoms. The second-order valence-electron chi connectivity index (χ2n) is 5.24. The topological polar surface area (TPSA) is 48.1 Å². The van der Waals surface area contributed by atoms with E-state index in [1.807, 2.05) is 13.8 Å². The van der Waals surface area contributed by atoms with E-state index in [1.165, 1.54) is 12.8 Å². The molecule has 18 heavy (non-hydrogen) atoms. The van der Waals surface area contributed by atoms with E-state index in [0.717, 1.165) is 5.92 Å². The van der Waals surface area contributed by atoms with Crippen molar-refractivity contribution in [3.8, 4) is 0 Å². The summed E-state index contributed by atoms with van der Waals surface area (Å²) in [5.41, 5.74) is 5.80. The summed E-state index contributed by atoms with van der Waals surface area (Å²) in [6.07, 6.45) is 7.06. The van der Waals surface area contributed by atoms with Gasteiger partial charge >= 0.3 is 0 Å². The third-order valence-electron chi connectivity index (χ3n) is 3.30. The summed E-state index contributed by atoms with van der Waals surface area (Å²) in [5.74, 6) is 1.38. The molecule has 0 spiro atoms. The number of fused-ring (bicyclic) bond motifs is 2. The van der Waals surface area contributed by atoms with Gasteiger partial charge in [-0.25, -0.2) is 0 Å². The number of allylic oxidation sites excluding steroid dienone is 1. The first-order valence-corrected chi connectivity index (χ1v) is 7.17. The normalized spacial score (nSPS) is 28.3. The SMILES string of the molecule is CC(C)NC(=S)NNC(=S)N[C@H]1C[C@H]2C=C[C@H]1C2. The molecule has 1 saturated carbocycles. The molecule has 1 fully saturated rings. The van der Waals surface area contributed by atoms with Crippen LogP contribution in [0.2, 0.25) is 0 Å². The van der Waals surface area contributed by atoms with Gasteiger partial charge in [0.05, 0.1) is 0 Å². The Labute approximate surface area is 119 Å². The van der Waals surface area contributed by atoms with E-state index in [9.17, 15) is 0 Å². The Morgan fingerprint density at radius 2 is 1.83 bits per heavy atom. The Morgan fingerprint density at radius 1 is 1.11 bits per heavy atom. The van der Waals surface area contributed by atoms with E-state index in [2.05, 4.69) is 33.6 Å². The van der Waals surface area contributed by atoms with E-state index in [-0.39, 0.29) is 0 Å². The molecule has 0 heterocycles. The molecule has 0 amide bonds. The van der Waals surface area contributed by atoms with Crippen LogP contribution in [0.5, 0.6) is 0 Å². The fraction of sp³-hybridized carbons (Fsp3) is 0.667. The highest BCUT2D eigenvalue weighted by Crippen LogP contribution is 2.38. The molecule has 0 aliphatic heterocycles. The van der Waals surface area contributed by atoms with E-state index < -0.39 is 0 Å². The minimum absolute atomic E-state index is 0.309. The standard InChI is InChI=1S/C12H20N4S2/c1-7(2)13-11(17)15-16-12(18)14-10-6-8-3-4-9(10)5-8/h3-4,7-10H,5-6H2,1-2H3,(H2,13,15,17)(H2,14,16,18)/t8-,9-,10-/m0/s1. The van der Waals surface area contributed by atoms with Gasteiger partial charge in [0.15, 0.2) is 10.2 Å². The van der Waals surface area contributed by atoms with Crippen LogP contribution >= 0.6 is 24.4 Å². The smallest absolute Gasteiger partial charge is 0.185 e. The molecule has 4 nitrogen and oxygen atoms in total. The summed E-state index contributed by atoms with van der Waals surface area (Å²) in [7, 11) is 0. The van der Waals surface area contributed by atoms with Gasteiger partial charge in [0.1, 0.15) is 0 Å². The summed E-state index contributed by atoms with van der Waals surface area (Å²) in [4.78, 5) is 0. The monoisotopic (exact) mass is 284 g/mol. The molecular weight excluding hydrogens is 264 g/mol. The zero-order chi connectivity index (χ0) is 13.1. The Balaban J connectivity index is 1.67. The summed E-state index contributed by atoms with van der Waals surface area (Å²) in [6.45, 7) is 4.07. The highest BCUT2D eigenvalue weighted by Gasteiger charge is 2.35. The lowest BCUT2D eigenvalue weighted by Gasteiger charge is -2.22. The van der Waals surface area contributed by atoms with Crippen molar-refractivity contribution >= 4 is 34.7 Å². The number of rotatable bonds is 2. The molecule has 6 heteroatoms. The lowest BCUT2D eigenvalue weighted by atomic mass is 10.0. The van der Waals surface area contributed by atoms with Crippen molar-refractivity contribution in [3.05, 3.63) is 12.2 Å². The predicted molar refractivity (Wildman–Crippen MR) is 82.0 cm³/mol. The van der Waals surface area contributed by atoms with Gasteiger partial charge in [-0.1, -0.05) is 12.2 Å². The van der Waals surface area contributed by atoms with Crippen molar-refractivity contribution in [3.63, 3.8) is 0 Å². The summed E-state index contributed by atoms with van der Waals surface area (Å²) in [6, 6.07) is 0.775.